The molecule has 0 spiro atoms. The first-order valence-corrected chi connectivity index (χ1v) is 10.3. The van der Waals surface area contributed by atoms with Crippen LogP contribution in [-0.4, -0.2) is 19.3 Å². The van der Waals surface area contributed by atoms with E-state index in [0.717, 1.165) is 10.9 Å². The minimum Gasteiger partial charge on any atom is -0.322 e. The van der Waals surface area contributed by atoms with Crippen LogP contribution >= 0.6 is 0 Å². The van der Waals surface area contributed by atoms with Crippen LogP contribution in [0.1, 0.15) is 10.4 Å². The number of benzene rings is 3. The third-order valence-corrected chi connectivity index (χ3v) is 5.71. The number of anilines is 2. The molecular weight excluding hydrogens is 386 g/mol. The van der Waals surface area contributed by atoms with Gasteiger partial charge >= 0.3 is 0 Å². The summed E-state index contributed by atoms with van der Waals surface area (Å²) in [5.74, 6) is -0.296. The van der Waals surface area contributed by atoms with Gasteiger partial charge in [0, 0.05) is 28.5 Å². The number of hydrogen-bond donors (Lipinski definition) is 2. The van der Waals surface area contributed by atoms with Crippen LogP contribution in [0.3, 0.4) is 0 Å². The number of hydrogen-bond acceptors (Lipinski definition) is 4. The van der Waals surface area contributed by atoms with Crippen molar-refractivity contribution >= 4 is 38.2 Å². The smallest absolute Gasteiger partial charge is 0.261 e. The van der Waals surface area contributed by atoms with Crippen LogP contribution in [0.2, 0.25) is 0 Å². The lowest BCUT2D eigenvalue weighted by atomic mass is 10.1. The average molecular weight is 403 g/mol. The van der Waals surface area contributed by atoms with Gasteiger partial charge in [-0.25, -0.2) is 8.42 Å². The van der Waals surface area contributed by atoms with Crippen molar-refractivity contribution in [3.05, 3.63) is 96.7 Å². The summed E-state index contributed by atoms with van der Waals surface area (Å²) in [4.78, 5) is 16.9. The number of sulfonamides is 1. The van der Waals surface area contributed by atoms with Gasteiger partial charge in [-0.05, 0) is 54.6 Å². The highest BCUT2D eigenvalue weighted by Crippen LogP contribution is 2.19. The van der Waals surface area contributed by atoms with Crippen molar-refractivity contribution in [2.45, 2.75) is 4.90 Å². The Morgan fingerprint density at radius 3 is 2.31 bits per heavy atom. The number of carbonyl (C=O) groups is 1. The minimum atomic E-state index is -3.71. The zero-order valence-corrected chi connectivity index (χ0v) is 16.1. The number of carbonyl (C=O) groups excluding carboxylic acids is 1. The van der Waals surface area contributed by atoms with Crippen LogP contribution in [0.25, 0.3) is 10.9 Å². The number of para-hydroxylation sites is 1. The van der Waals surface area contributed by atoms with Crippen LogP contribution < -0.4 is 10.0 Å². The van der Waals surface area contributed by atoms with Gasteiger partial charge in [-0.3, -0.25) is 14.5 Å². The quantitative estimate of drug-likeness (QED) is 0.520. The molecular formula is C22H17N3O3S. The van der Waals surface area contributed by atoms with Crippen molar-refractivity contribution in [1.29, 1.82) is 0 Å². The highest BCUT2D eigenvalue weighted by molar-refractivity contribution is 7.92. The molecule has 1 heterocycles. The molecule has 0 saturated carbocycles. The molecule has 6 nitrogen and oxygen atoms in total. The predicted molar refractivity (Wildman–Crippen MR) is 113 cm³/mol. The van der Waals surface area contributed by atoms with Crippen LogP contribution in [-0.2, 0) is 10.0 Å². The molecule has 1 amide bonds. The summed E-state index contributed by atoms with van der Waals surface area (Å²) in [6.07, 6.45) is 1.67. The van der Waals surface area contributed by atoms with Gasteiger partial charge < -0.3 is 5.32 Å². The SMILES string of the molecule is O=C(Nc1ccc(S(=O)(=O)Nc2ccccc2)cc1)c1ccc2cccnc2c1. The zero-order chi connectivity index (χ0) is 20.3. The van der Waals surface area contributed by atoms with Crippen molar-refractivity contribution < 1.29 is 13.2 Å². The molecule has 4 aromatic rings. The summed E-state index contributed by atoms with van der Waals surface area (Å²) in [5, 5.41) is 3.72. The molecule has 4 rings (SSSR count). The average Bonchev–Trinajstić information content (AvgIpc) is 2.74. The molecule has 0 atom stereocenters. The summed E-state index contributed by atoms with van der Waals surface area (Å²) in [6.45, 7) is 0. The summed E-state index contributed by atoms with van der Waals surface area (Å²) in [5.41, 5.74) is 2.18. The van der Waals surface area contributed by atoms with Gasteiger partial charge in [0.2, 0.25) is 0 Å². The van der Waals surface area contributed by atoms with E-state index in [-0.39, 0.29) is 10.8 Å². The first-order valence-electron chi connectivity index (χ1n) is 8.85. The molecule has 0 unspecified atom stereocenters. The number of aromatic nitrogens is 1. The molecule has 0 aliphatic heterocycles. The maximum atomic E-state index is 12.5. The molecule has 1 aromatic heterocycles. The first-order chi connectivity index (χ1) is 14.0. The van der Waals surface area contributed by atoms with E-state index >= 15 is 0 Å². The van der Waals surface area contributed by atoms with Crippen LogP contribution in [0, 0.1) is 0 Å². The molecule has 0 fully saturated rings. The van der Waals surface area contributed by atoms with E-state index in [9.17, 15) is 13.2 Å². The molecule has 0 aliphatic carbocycles. The second-order valence-corrected chi connectivity index (χ2v) is 8.04. The third-order valence-electron chi connectivity index (χ3n) is 4.32. The number of amides is 1. The normalized spacial score (nSPS) is 11.2. The topological polar surface area (TPSA) is 88.2 Å². The summed E-state index contributed by atoms with van der Waals surface area (Å²) in [6, 6.07) is 23.7. The molecule has 2 N–H and O–H groups in total. The third kappa shape index (κ3) is 4.25. The first kappa shape index (κ1) is 18.6. The van der Waals surface area contributed by atoms with Gasteiger partial charge in [-0.15, -0.1) is 0 Å². The molecule has 29 heavy (non-hydrogen) atoms. The van der Waals surface area contributed by atoms with E-state index in [1.54, 1.807) is 60.8 Å². The minimum absolute atomic E-state index is 0.106. The predicted octanol–water partition coefficient (Wildman–Crippen LogP) is 4.29. The monoisotopic (exact) mass is 403 g/mol. The van der Waals surface area contributed by atoms with E-state index < -0.39 is 10.0 Å². The van der Waals surface area contributed by atoms with Gasteiger partial charge in [0.05, 0.1) is 10.4 Å². The highest BCUT2D eigenvalue weighted by atomic mass is 32.2. The summed E-state index contributed by atoms with van der Waals surface area (Å²) < 4.78 is 27.5. The maximum absolute atomic E-state index is 12.5. The Morgan fingerprint density at radius 2 is 1.55 bits per heavy atom. The molecule has 0 aliphatic rings. The second kappa shape index (κ2) is 7.73. The zero-order valence-electron chi connectivity index (χ0n) is 15.2. The maximum Gasteiger partial charge on any atom is 0.261 e. The Morgan fingerprint density at radius 1 is 0.793 bits per heavy atom. The lowest BCUT2D eigenvalue weighted by Crippen LogP contribution is -2.14. The largest absolute Gasteiger partial charge is 0.322 e. The Bertz CT molecular complexity index is 1270. The lowest BCUT2D eigenvalue weighted by molar-refractivity contribution is 0.102. The molecule has 7 heteroatoms. The summed E-state index contributed by atoms with van der Waals surface area (Å²) >= 11 is 0. The molecule has 0 bridgehead atoms. The van der Waals surface area contributed by atoms with Gasteiger partial charge in [0.25, 0.3) is 15.9 Å². The molecule has 144 valence electrons. The Balaban J connectivity index is 1.49. The Labute approximate surface area is 168 Å². The van der Waals surface area contributed by atoms with Crippen LogP contribution in [0.5, 0.6) is 0 Å². The van der Waals surface area contributed by atoms with Crippen molar-refractivity contribution in [1.82, 2.24) is 4.98 Å². The fourth-order valence-electron chi connectivity index (χ4n) is 2.85. The molecule has 0 radical (unpaired) electrons. The van der Waals surface area contributed by atoms with Gasteiger partial charge in [0.15, 0.2) is 0 Å². The summed E-state index contributed by atoms with van der Waals surface area (Å²) in [7, 11) is -3.71. The van der Waals surface area contributed by atoms with Crippen molar-refractivity contribution in [3.63, 3.8) is 0 Å². The number of rotatable bonds is 5. The van der Waals surface area contributed by atoms with Crippen molar-refractivity contribution in [2.24, 2.45) is 0 Å². The van der Waals surface area contributed by atoms with Gasteiger partial charge in [-0.2, -0.15) is 0 Å². The standard InChI is InChI=1S/C22H17N3O3S/c26-22(17-9-8-16-5-4-14-23-21(16)15-17)24-18-10-12-20(13-11-18)29(27,28)25-19-6-2-1-3-7-19/h1-15,25H,(H,24,26). The van der Waals surface area contributed by atoms with E-state index in [4.69, 9.17) is 0 Å². The number of pyridine rings is 1. The van der Waals surface area contributed by atoms with Gasteiger partial charge in [0.1, 0.15) is 0 Å². The van der Waals surface area contributed by atoms with Crippen LogP contribution in [0.4, 0.5) is 11.4 Å². The van der Waals surface area contributed by atoms with E-state index in [1.165, 1.54) is 12.1 Å². The Hall–Kier alpha value is -3.71. The lowest BCUT2D eigenvalue weighted by Gasteiger charge is -2.10. The molecule has 3 aromatic carbocycles. The van der Waals surface area contributed by atoms with E-state index in [1.807, 2.05) is 18.2 Å². The number of nitrogens with one attached hydrogen (secondary N) is 2. The number of nitrogens with zero attached hydrogens (tertiary/aromatic N) is 1. The highest BCUT2D eigenvalue weighted by Gasteiger charge is 2.14. The van der Waals surface area contributed by atoms with Crippen LogP contribution in [0.15, 0.2) is 96.0 Å². The fraction of sp³-hybridized carbons (Fsp3) is 0. The van der Waals surface area contributed by atoms with Crippen molar-refractivity contribution in [3.8, 4) is 0 Å². The van der Waals surface area contributed by atoms with E-state index in [2.05, 4.69) is 15.0 Å². The number of fused-ring (bicyclic) bond motifs is 1. The molecule has 0 saturated heterocycles. The second-order valence-electron chi connectivity index (χ2n) is 6.36. The Kier molecular flexibility index (Phi) is 4.97. The van der Waals surface area contributed by atoms with Gasteiger partial charge in [-0.1, -0.05) is 30.3 Å². The van der Waals surface area contributed by atoms with E-state index in [0.29, 0.717) is 16.9 Å². The fourth-order valence-corrected chi connectivity index (χ4v) is 3.91. The van der Waals surface area contributed by atoms with Crippen molar-refractivity contribution in [2.75, 3.05) is 10.0 Å².